The lowest BCUT2D eigenvalue weighted by atomic mass is 10.2. The van der Waals surface area contributed by atoms with Crippen LogP contribution in [0.4, 0.5) is 0 Å². The molecule has 0 spiro atoms. The fourth-order valence-corrected chi connectivity index (χ4v) is 0.857. The zero-order valence-electron chi connectivity index (χ0n) is 6.10. The molecule has 3 heteroatoms. The zero-order valence-corrected chi connectivity index (χ0v) is 6.86. The molecular formula is C7H12ClO2. The number of halogens is 1. The van der Waals surface area contributed by atoms with Crippen molar-refractivity contribution in [3.8, 4) is 0 Å². The molecule has 2 nitrogen and oxygen atoms in total. The first-order chi connectivity index (χ1) is 4.81. The van der Waals surface area contributed by atoms with E-state index in [1.807, 2.05) is 0 Å². The summed E-state index contributed by atoms with van der Waals surface area (Å²) in [7, 11) is 0. The summed E-state index contributed by atoms with van der Waals surface area (Å²) in [6.45, 7) is 3.42. The summed E-state index contributed by atoms with van der Waals surface area (Å²) in [6.07, 6.45) is 4.01. The quantitative estimate of drug-likeness (QED) is 0.443. The third-order valence-corrected chi connectivity index (χ3v) is 1.52. The number of carbonyl (C=O) groups excluding carboxylic acids is 1. The molecule has 0 aromatic heterocycles. The largest absolute Gasteiger partial charge is 0.438 e. The molecule has 0 aromatic rings. The van der Waals surface area contributed by atoms with Crippen LogP contribution >= 0.6 is 11.6 Å². The number of hydrogen-bond donors (Lipinski definition) is 0. The maximum absolute atomic E-state index is 9.62. The molecule has 1 unspecified atom stereocenters. The van der Waals surface area contributed by atoms with Gasteiger partial charge in [-0.2, -0.15) is 0 Å². The molecular weight excluding hydrogens is 152 g/mol. The van der Waals surface area contributed by atoms with E-state index in [0.29, 0.717) is 0 Å². The molecule has 0 aliphatic heterocycles. The Morgan fingerprint density at radius 1 is 1.60 bits per heavy atom. The Hall–Kier alpha value is -0.240. The maximum atomic E-state index is 9.62. The van der Waals surface area contributed by atoms with Crippen molar-refractivity contribution in [1.82, 2.24) is 0 Å². The average Bonchev–Trinajstić information content (AvgIpc) is 1.89. The Labute approximate surface area is 66.5 Å². The van der Waals surface area contributed by atoms with E-state index in [1.165, 1.54) is 6.47 Å². The third-order valence-electron chi connectivity index (χ3n) is 1.21. The smallest absolute Gasteiger partial charge is 0.419 e. The molecule has 0 aromatic carbocycles. The van der Waals surface area contributed by atoms with Gasteiger partial charge in [0.2, 0.25) is 0 Å². The van der Waals surface area contributed by atoms with Crippen LogP contribution in [0.5, 0.6) is 0 Å². The first-order valence-electron chi connectivity index (χ1n) is 3.48. The first kappa shape index (κ1) is 9.76. The van der Waals surface area contributed by atoms with Gasteiger partial charge in [-0.25, -0.2) is 4.79 Å². The van der Waals surface area contributed by atoms with Gasteiger partial charge in [0, 0.05) is 0 Å². The van der Waals surface area contributed by atoms with Crippen LogP contribution in [0.3, 0.4) is 0 Å². The maximum Gasteiger partial charge on any atom is 0.419 e. The topological polar surface area (TPSA) is 26.3 Å². The van der Waals surface area contributed by atoms with Crippen LogP contribution < -0.4 is 0 Å². The highest BCUT2D eigenvalue weighted by atomic mass is 35.5. The lowest BCUT2D eigenvalue weighted by molar-refractivity contribution is 0.234. The summed E-state index contributed by atoms with van der Waals surface area (Å²) in [6, 6.07) is 0. The summed E-state index contributed by atoms with van der Waals surface area (Å²) in [5.41, 5.74) is -0.482. The van der Waals surface area contributed by atoms with Gasteiger partial charge in [-0.05, 0) is 12.8 Å². The first-order valence-corrected chi connectivity index (χ1v) is 3.91. The lowest BCUT2D eigenvalue weighted by Crippen LogP contribution is -2.02. The molecule has 10 heavy (non-hydrogen) atoms. The van der Waals surface area contributed by atoms with Crippen molar-refractivity contribution in [3.63, 3.8) is 0 Å². The molecule has 59 valence electrons. The summed E-state index contributed by atoms with van der Waals surface area (Å²) in [5.74, 6) is 0. The highest BCUT2D eigenvalue weighted by Gasteiger charge is 2.02. The van der Waals surface area contributed by atoms with Crippen LogP contribution in [0.1, 0.15) is 32.6 Å². The van der Waals surface area contributed by atoms with Crippen molar-refractivity contribution in [2.24, 2.45) is 0 Å². The number of ether oxygens (including phenoxy) is 1. The number of rotatable bonds is 6. The van der Waals surface area contributed by atoms with E-state index in [4.69, 9.17) is 11.6 Å². The molecule has 0 aliphatic carbocycles. The van der Waals surface area contributed by atoms with Gasteiger partial charge in [0.15, 0.2) is 5.56 Å². The minimum absolute atomic E-state index is 0.482. The van der Waals surface area contributed by atoms with E-state index in [0.717, 1.165) is 25.7 Å². The van der Waals surface area contributed by atoms with Crippen molar-refractivity contribution in [2.45, 2.75) is 38.2 Å². The zero-order chi connectivity index (χ0) is 7.82. The molecule has 0 heterocycles. The lowest BCUT2D eigenvalue weighted by Gasteiger charge is -2.03. The third kappa shape index (κ3) is 5.89. The van der Waals surface area contributed by atoms with Gasteiger partial charge < -0.3 is 4.74 Å². The van der Waals surface area contributed by atoms with E-state index >= 15 is 0 Å². The van der Waals surface area contributed by atoms with Crippen LogP contribution in [0.15, 0.2) is 0 Å². The molecule has 0 saturated carbocycles. The van der Waals surface area contributed by atoms with Crippen molar-refractivity contribution in [2.75, 3.05) is 0 Å². The molecule has 0 rings (SSSR count). The Morgan fingerprint density at radius 2 is 2.30 bits per heavy atom. The van der Waals surface area contributed by atoms with Gasteiger partial charge in [0.25, 0.3) is 0 Å². The van der Waals surface area contributed by atoms with Gasteiger partial charge in [-0.3, -0.25) is 0 Å². The number of alkyl halides is 1. The fraction of sp³-hybridized carbons (Fsp3) is 0.857. The second-order valence-electron chi connectivity index (χ2n) is 2.11. The van der Waals surface area contributed by atoms with Crippen LogP contribution in [0, 0.1) is 0 Å². The highest BCUT2D eigenvalue weighted by Crippen LogP contribution is 2.08. The molecule has 1 radical (unpaired) electrons. The SMILES string of the molecule is CCCCCC(Cl)O[C]=O. The van der Waals surface area contributed by atoms with Crippen molar-refractivity contribution in [3.05, 3.63) is 0 Å². The molecule has 0 N–H and O–H groups in total. The van der Waals surface area contributed by atoms with Gasteiger partial charge >= 0.3 is 6.47 Å². The minimum Gasteiger partial charge on any atom is -0.438 e. The predicted octanol–water partition coefficient (Wildman–Crippen LogP) is 2.22. The monoisotopic (exact) mass is 163 g/mol. The van der Waals surface area contributed by atoms with Crippen molar-refractivity contribution < 1.29 is 9.53 Å². The molecule has 0 aliphatic rings. The standard InChI is InChI=1S/C7H12ClO2/c1-2-3-4-5-7(8)10-6-9/h7H,2-5H2,1H3. The normalized spacial score (nSPS) is 12.6. The van der Waals surface area contributed by atoms with Crippen molar-refractivity contribution in [1.29, 1.82) is 0 Å². The summed E-state index contributed by atoms with van der Waals surface area (Å²) in [4.78, 5) is 9.62. The summed E-state index contributed by atoms with van der Waals surface area (Å²) in [5, 5.41) is 0. The number of hydrogen-bond acceptors (Lipinski definition) is 2. The fourth-order valence-electron chi connectivity index (χ4n) is 0.666. The van der Waals surface area contributed by atoms with Gasteiger partial charge in [0.1, 0.15) is 0 Å². The summed E-state index contributed by atoms with van der Waals surface area (Å²) >= 11 is 5.53. The van der Waals surface area contributed by atoms with E-state index in [2.05, 4.69) is 11.7 Å². The predicted molar refractivity (Wildman–Crippen MR) is 40.6 cm³/mol. The minimum atomic E-state index is -0.482. The van der Waals surface area contributed by atoms with Crippen LogP contribution in [-0.4, -0.2) is 12.0 Å². The van der Waals surface area contributed by atoms with Crippen LogP contribution in [-0.2, 0) is 9.53 Å². The average molecular weight is 164 g/mol. The van der Waals surface area contributed by atoms with E-state index in [-0.39, 0.29) is 0 Å². The van der Waals surface area contributed by atoms with E-state index in [9.17, 15) is 4.79 Å². The van der Waals surface area contributed by atoms with Gasteiger partial charge in [0.05, 0.1) is 0 Å². The second kappa shape index (κ2) is 6.87. The van der Waals surface area contributed by atoms with E-state index < -0.39 is 5.56 Å². The van der Waals surface area contributed by atoms with Gasteiger partial charge in [-0.1, -0.05) is 31.4 Å². The Kier molecular flexibility index (Phi) is 6.71. The second-order valence-corrected chi connectivity index (χ2v) is 2.59. The molecule has 0 saturated heterocycles. The highest BCUT2D eigenvalue weighted by molar-refractivity contribution is 6.19. The van der Waals surface area contributed by atoms with Gasteiger partial charge in [-0.15, -0.1) is 0 Å². The molecule has 0 fully saturated rings. The van der Waals surface area contributed by atoms with E-state index in [1.54, 1.807) is 0 Å². The van der Waals surface area contributed by atoms with Crippen molar-refractivity contribution >= 4 is 18.1 Å². The Balaban J connectivity index is 3.04. The number of unbranched alkanes of at least 4 members (excludes halogenated alkanes) is 2. The van der Waals surface area contributed by atoms with Crippen LogP contribution in [0.2, 0.25) is 0 Å². The van der Waals surface area contributed by atoms with Crippen LogP contribution in [0.25, 0.3) is 0 Å². The molecule has 1 atom stereocenters. The summed E-state index contributed by atoms with van der Waals surface area (Å²) < 4.78 is 4.35. The molecule has 0 amide bonds. The Bertz CT molecular complexity index is 85.7. The molecule has 0 bridgehead atoms. The Morgan fingerprint density at radius 3 is 2.80 bits per heavy atom.